The smallest absolute Gasteiger partial charge is 0.281 e. The number of nitrogens with zero attached hydrogens (tertiary/aromatic N) is 1. The molecule has 0 saturated heterocycles. The van der Waals surface area contributed by atoms with Crippen LogP contribution in [0.25, 0.3) is 0 Å². The monoisotopic (exact) mass is 596 g/mol. The van der Waals surface area contributed by atoms with Crippen molar-refractivity contribution in [3.05, 3.63) is 134 Å². The van der Waals surface area contributed by atoms with Crippen LogP contribution >= 0.6 is 34.2 Å². The average Bonchev–Trinajstić information content (AvgIpc) is 2.89. The van der Waals surface area contributed by atoms with Gasteiger partial charge >= 0.3 is 0 Å². The van der Waals surface area contributed by atoms with E-state index in [9.17, 15) is 9.90 Å². The van der Waals surface area contributed by atoms with Crippen molar-refractivity contribution in [2.75, 3.05) is 0 Å². The first-order valence-electron chi connectivity index (χ1n) is 10.8. The van der Waals surface area contributed by atoms with Crippen LogP contribution in [0.1, 0.15) is 22.3 Å². The quantitative estimate of drug-likeness (QED) is 0.151. The van der Waals surface area contributed by atoms with E-state index in [4.69, 9.17) is 16.3 Å². The lowest BCUT2D eigenvalue weighted by atomic mass is 9.85. The Bertz CT molecular complexity index is 1270. The van der Waals surface area contributed by atoms with Gasteiger partial charge in [0.15, 0.2) is 5.60 Å². The van der Waals surface area contributed by atoms with E-state index in [0.717, 1.165) is 20.4 Å². The van der Waals surface area contributed by atoms with Crippen LogP contribution in [0.3, 0.4) is 0 Å². The van der Waals surface area contributed by atoms with Crippen LogP contribution in [-0.4, -0.2) is 17.2 Å². The minimum atomic E-state index is -1.88. The minimum absolute atomic E-state index is 0.425. The molecular weight excluding hydrogens is 575 g/mol. The molecule has 4 aromatic rings. The zero-order valence-corrected chi connectivity index (χ0v) is 21.5. The number of aliphatic hydroxyl groups is 1. The molecule has 4 rings (SSSR count). The summed E-state index contributed by atoms with van der Waals surface area (Å²) in [5.41, 5.74) is 3.31. The van der Waals surface area contributed by atoms with Gasteiger partial charge in [-0.2, -0.15) is 5.10 Å². The lowest BCUT2D eigenvalue weighted by Gasteiger charge is -2.27. The van der Waals surface area contributed by atoms with Gasteiger partial charge in [0.25, 0.3) is 5.91 Å². The van der Waals surface area contributed by atoms with Gasteiger partial charge in [-0.1, -0.05) is 84.4 Å². The summed E-state index contributed by atoms with van der Waals surface area (Å²) >= 11 is 8.12. The topological polar surface area (TPSA) is 70.9 Å². The highest BCUT2D eigenvalue weighted by Crippen LogP contribution is 2.30. The molecule has 35 heavy (non-hydrogen) atoms. The van der Waals surface area contributed by atoms with Crippen molar-refractivity contribution in [1.29, 1.82) is 0 Å². The van der Waals surface area contributed by atoms with Gasteiger partial charge in [-0.3, -0.25) is 4.79 Å². The van der Waals surface area contributed by atoms with E-state index in [1.807, 2.05) is 54.6 Å². The molecule has 0 aliphatic carbocycles. The van der Waals surface area contributed by atoms with Crippen LogP contribution in [0, 0.1) is 3.57 Å². The van der Waals surface area contributed by atoms with E-state index < -0.39 is 11.5 Å². The molecular formula is C28H22ClIN2O3. The molecule has 0 heterocycles. The van der Waals surface area contributed by atoms with Crippen molar-refractivity contribution in [1.82, 2.24) is 5.43 Å². The first-order valence-corrected chi connectivity index (χ1v) is 12.3. The third kappa shape index (κ3) is 6.08. The molecule has 5 nitrogen and oxygen atoms in total. The molecule has 0 atom stereocenters. The van der Waals surface area contributed by atoms with Crippen molar-refractivity contribution < 1.29 is 14.6 Å². The van der Waals surface area contributed by atoms with E-state index in [2.05, 4.69) is 33.1 Å². The van der Waals surface area contributed by atoms with Crippen molar-refractivity contribution in [2.45, 2.75) is 12.2 Å². The fourth-order valence-electron chi connectivity index (χ4n) is 3.49. The Kier molecular flexibility index (Phi) is 8.17. The van der Waals surface area contributed by atoms with Crippen LogP contribution in [0.15, 0.2) is 108 Å². The molecule has 0 aliphatic heterocycles. The maximum atomic E-state index is 13.1. The fourth-order valence-corrected chi connectivity index (χ4v) is 4.31. The number of nitrogens with one attached hydrogen (secondary N) is 1. The van der Waals surface area contributed by atoms with E-state index in [1.165, 1.54) is 6.21 Å². The Labute approximate surface area is 222 Å². The summed E-state index contributed by atoms with van der Waals surface area (Å²) in [5.74, 6) is 0.0908. The number of rotatable bonds is 8. The van der Waals surface area contributed by atoms with Crippen molar-refractivity contribution in [3.63, 3.8) is 0 Å². The van der Waals surface area contributed by atoms with Crippen molar-refractivity contribution in [2.24, 2.45) is 5.10 Å². The van der Waals surface area contributed by atoms with Gasteiger partial charge in [-0.15, -0.1) is 0 Å². The normalized spacial score (nSPS) is 11.4. The molecule has 0 fully saturated rings. The summed E-state index contributed by atoms with van der Waals surface area (Å²) < 4.78 is 6.81. The zero-order valence-electron chi connectivity index (χ0n) is 18.6. The molecule has 176 valence electrons. The fraction of sp³-hybridized carbons (Fsp3) is 0.0714. The van der Waals surface area contributed by atoms with E-state index in [-0.39, 0.29) is 0 Å². The highest BCUT2D eigenvalue weighted by molar-refractivity contribution is 14.1. The summed E-state index contributed by atoms with van der Waals surface area (Å²) in [7, 11) is 0. The molecule has 7 heteroatoms. The van der Waals surface area contributed by atoms with Crippen LogP contribution < -0.4 is 10.2 Å². The Morgan fingerprint density at radius 1 is 0.943 bits per heavy atom. The van der Waals surface area contributed by atoms with Gasteiger partial charge in [-0.25, -0.2) is 5.43 Å². The van der Waals surface area contributed by atoms with Crippen molar-refractivity contribution in [3.8, 4) is 5.75 Å². The Morgan fingerprint density at radius 3 is 2.11 bits per heavy atom. The molecule has 1 amide bonds. The van der Waals surface area contributed by atoms with Gasteiger partial charge in [0.2, 0.25) is 0 Å². The average molecular weight is 597 g/mol. The summed E-state index contributed by atoms with van der Waals surface area (Å²) in [6.07, 6.45) is 1.53. The highest BCUT2D eigenvalue weighted by Gasteiger charge is 2.39. The predicted molar refractivity (Wildman–Crippen MR) is 147 cm³/mol. The van der Waals surface area contributed by atoms with Gasteiger partial charge in [0.1, 0.15) is 12.4 Å². The van der Waals surface area contributed by atoms with E-state index in [1.54, 1.807) is 48.5 Å². The summed E-state index contributed by atoms with van der Waals surface area (Å²) in [5, 5.41) is 16.2. The lowest BCUT2D eigenvalue weighted by molar-refractivity contribution is -0.136. The molecule has 0 bridgehead atoms. The highest BCUT2D eigenvalue weighted by atomic mass is 127. The number of hydrazone groups is 1. The van der Waals surface area contributed by atoms with Gasteiger partial charge in [0.05, 0.1) is 9.78 Å². The Morgan fingerprint density at radius 2 is 1.54 bits per heavy atom. The second kappa shape index (κ2) is 11.5. The third-order valence-electron chi connectivity index (χ3n) is 5.35. The number of benzene rings is 4. The van der Waals surface area contributed by atoms with E-state index in [0.29, 0.717) is 22.8 Å². The molecule has 0 spiro atoms. The third-order valence-corrected chi connectivity index (χ3v) is 6.45. The first kappa shape index (κ1) is 24.9. The van der Waals surface area contributed by atoms with E-state index >= 15 is 0 Å². The number of carbonyl (C=O) groups is 1. The maximum Gasteiger partial charge on any atom is 0.281 e. The van der Waals surface area contributed by atoms with Gasteiger partial charge in [0, 0.05) is 5.02 Å². The number of halogens is 2. The number of amides is 1. The second-order valence-electron chi connectivity index (χ2n) is 7.75. The molecule has 0 aromatic heterocycles. The largest absolute Gasteiger partial charge is 0.488 e. The van der Waals surface area contributed by atoms with Gasteiger partial charge in [-0.05, 0) is 75.2 Å². The molecule has 0 unspecified atom stereocenters. The second-order valence-corrected chi connectivity index (χ2v) is 9.35. The summed E-state index contributed by atoms with van der Waals surface area (Å²) in [6.45, 7) is 0.425. The number of carbonyl (C=O) groups excluding carboxylic acids is 1. The summed E-state index contributed by atoms with van der Waals surface area (Å²) in [4.78, 5) is 13.1. The zero-order chi connectivity index (χ0) is 24.7. The maximum absolute atomic E-state index is 13.1. The predicted octanol–water partition coefficient (Wildman–Crippen LogP) is 5.91. The standard InChI is InChI=1S/C28H22ClIN2O3/c29-24-14-11-20(12-15-24)19-35-26-16-13-21(17-25(26)30)18-31-32-27(33)28(34,22-7-3-1-4-8-22)23-9-5-2-6-10-23/h1-18,34H,19H2,(H,32,33)/b31-18+. The molecule has 4 aromatic carbocycles. The SMILES string of the molecule is O=C(N/N=C/c1ccc(OCc2ccc(Cl)cc2)c(I)c1)C(O)(c1ccccc1)c1ccccc1. The molecule has 0 radical (unpaired) electrons. The molecule has 2 N–H and O–H groups in total. The number of hydrogen-bond acceptors (Lipinski definition) is 4. The van der Waals surface area contributed by atoms with Crippen LogP contribution in [0.2, 0.25) is 5.02 Å². The Balaban J connectivity index is 1.45. The molecule has 0 saturated carbocycles. The first-order chi connectivity index (χ1) is 17.0. The van der Waals surface area contributed by atoms with Crippen LogP contribution in [-0.2, 0) is 17.0 Å². The Hall–Kier alpha value is -3.20. The number of hydrogen-bond donors (Lipinski definition) is 2. The van der Waals surface area contributed by atoms with Crippen LogP contribution in [0.5, 0.6) is 5.75 Å². The van der Waals surface area contributed by atoms with Crippen molar-refractivity contribution >= 4 is 46.3 Å². The lowest BCUT2D eigenvalue weighted by Crippen LogP contribution is -2.43. The minimum Gasteiger partial charge on any atom is -0.488 e. The summed E-state index contributed by atoms with van der Waals surface area (Å²) in [6, 6.07) is 30.7. The molecule has 0 aliphatic rings. The number of ether oxygens (including phenoxy) is 1. The van der Waals surface area contributed by atoms with Gasteiger partial charge < -0.3 is 9.84 Å². The van der Waals surface area contributed by atoms with Crippen LogP contribution in [0.4, 0.5) is 0 Å².